The van der Waals surface area contributed by atoms with Gasteiger partial charge in [0.2, 0.25) is 0 Å². The number of carbonyl (C=O) groups is 1. The Morgan fingerprint density at radius 2 is 1.36 bits per heavy atom. The molecule has 47 heavy (non-hydrogen) atoms. The van der Waals surface area contributed by atoms with Gasteiger partial charge in [-0.25, -0.2) is 4.39 Å². The highest BCUT2D eigenvalue weighted by Gasteiger charge is 2.37. The summed E-state index contributed by atoms with van der Waals surface area (Å²) in [6.07, 6.45) is 3.03. The molecule has 248 valence electrons. The molecule has 2 N–H and O–H groups in total. The maximum absolute atomic E-state index is 13.3. The second kappa shape index (κ2) is 15.6. The highest BCUT2D eigenvalue weighted by atomic mass is 127. The highest BCUT2D eigenvalue weighted by Crippen LogP contribution is 2.35. The van der Waals surface area contributed by atoms with Gasteiger partial charge < -0.3 is 24.6 Å². The zero-order valence-corrected chi connectivity index (χ0v) is 29.0. The number of hydrogen-bond acceptors (Lipinski definition) is 6. The molecular formula is C38H42FIN2O5. The largest absolute Gasteiger partial charge is 0.497 e. The zero-order chi connectivity index (χ0) is 33.4. The molecule has 9 heteroatoms. The molecule has 7 nitrogen and oxygen atoms in total. The van der Waals surface area contributed by atoms with Gasteiger partial charge in [-0.05, 0) is 132 Å². The molecular weight excluding hydrogens is 710 g/mol. The Balaban J connectivity index is 0.000000185. The first-order valence-corrected chi connectivity index (χ1v) is 16.9. The first-order chi connectivity index (χ1) is 22.6. The molecule has 4 aromatic rings. The number of ether oxygens (including phenoxy) is 2. The summed E-state index contributed by atoms with van der Waals surface area (Å²) >= 11 is 2.22. The standard InChI is InChI=1S/C19H22FNO2.C19H20INO3/c1-23-18-8-3-6-16(12-18)19(22)9-4-10-21(14-19)13-15-5-2-7-17(20)11-15;1-24-17-5-2-4-15(12-17)19(23)10-3-11-21(13-19)18(22)14-6-8-16(20)9-7-14/h2-3,5-8,11-12,22H,4,9-10,13-14H2,1H3;2,4-9,12,23H,3,10-11,13H2,1H3. The van der Waals surface area contributed by atoms with Gasteiger partial charge in [-0.3, -0.25) is 9.69 Å². The SMILES string of the molecule is COc1cccc(C2(O)CCCN(C(=O)c3ccc(I)cc3)C2)c1.COc1cccc(C2(O)CCCN(Cc3cccc(F)c3)C2)c1. The van der Waals surface area contributed by atoms with E-state index in [9.17, 15) is 19.4 Å². The normalized spacial score (nSPS) is 21.4. The van der Waals surface area contributed by atoms with Gasteiger partial charge in [-0.2, -0.15) is 0 Å². The lowest BCUT2D eigenvalue weighted by Gasteiger charge is -2.39. The van der Waals surface area contributed by atoms with E-state index in [2.05, 4.69) is 27.5 Å². The van der Waals surface area contributed by atoms with Gasteiger partial charge >= 0.3 is 0 Å². The number of hydrogen-bond donors (Lipinski definition) is 2. The third kappa shape index (κ3) is 8.90. The number of methoxy groups -OCH3 is 2. The minimum absolute atomic E-state index is 0.0348. The van der Waals surface area contributed by atoms with E-state index >= 15 is 0 Å². The molecule has 0 spiro atoms. The van der Waals surface area contributed by atoms with Crippen molar-refractivity contribution >= 4 is 28.5 Å². The predicted octanol–water partition coefficient (Wildman–Crippen LogP) is 6.74. The van der Waals surface area contributed by atoms with Crippen molar-refractivity contribution in [2.45, 2.75) is 43.4 Å². The molecule has 0 aliphatic carbocycles. The quantitative estimate of drug-likeness (QED) is 0.204. The van der Waals surface area contributed by atoms with Crippen LogP contribution in [0.1, 0.15) is 52.7 Å². The molecule has 1 amide bonds. The summed E-state index contributed by atoms with van der Waals surface area (Å²) in [4.78, 5) is 16.7. The topological polar surface area (TPSA) is 82.5 Å². The number of amides is 1. The third-order valence-electron chi connectivity index (χ3n) is 8.91. The second-order valence-electron chi connectivity index (χ2n) is 12.3. The van der Waals surface area contributed by atoms with Crippen LogP contribution in [-0.4, -0.2) is 66.3 Å². The Morgan fingerprint density at radius 1 is 0.787 bits per heavy atom. The molecule has 2 saturated heterocycles. The Bertz CT molecular complexity index is 1650. The number of nitrogens with zero attached hydrogens (tertiary/aromatic N) is 2. The average Bonchev–Trinajstić information content (AvgIpc) is 3.09. The summed E-state index contributed by atoms with van der Waals surface area (Å²) in [6, 6.07) is 29.2. The monoisotopic (exact) mass is 752 g/mol. The van der Waals surface area contributed by atoms with Crippen LogP contribution in [0.4, 0.5) is 4.39 Å². The van der Waals surface area contributed by atoms with Crippen molar-refractivity contribution in [3.63, 3.8) is 0 Å². The Kier molecular flexibility index (Phi) is 11.5. The van der Waals surface area contributed by atoms with Crippen molar-refractivity contribution < 1.29 is 28.9 Å². The summed E-state index contributed by atoms with van der Waals surface area (Å²) in [5.74, 6) is 1.20. The van der Waals surface area contributed by atoms with E-state index in [0.29, 0.717) is 43.9 Å². The van der Waals surface area contributed by atoms with Gasteiger partial charge in [0.25, 0.3) is 5.91 Å². The van der Waals surface area contributed by atoms with Crippen LogP contribution in [0.5, 0.6) is 11.5 Å². The number of β-amino-alcohol motifs (C(OH)–C–C–N with tert-alkyl or cyclic N) is 2. The fourth-order valence-corrected chi connectivity index (χ4v) is 6.79. The Labute approximate surface area is 290 Å². The summed E-state index contributed by atoms with van der Waals surface area (Å²) in [5.41, 5.74) is 1.33. The van der Waals surface area contributed by atoms with Crippen molar-refractivity contribution in [3.05, 3.63) is 129 Å². The van der Waals surface area contributed by atoms with E-state index in [-0.39, 0.29) is 11.7 Å². The number of aliphatic hydroxyl groups is 2. The lowest BCUT2D eigenvalue weighted by atomic mass is 9.85. The Hall–Kier alpha value is -3.51. The van der Waals surface area contributed by atoms with Crippen LogP contribution in [0.3, 0.4) is 0 Å². The zero-order valence-electron chi connectivity index (χ0n) is 26.9. The maximum atomic E-state index is 13.3. The minimum Gasteiger partial charge on any atom is -0.497 e. The number of halogens is 2. The van der Waals surface area contributed by atoms with E-state index in [1.165, 1.54) is 6.07 Å². The van der Waals surface area contributed by atoms with Gasteiger partial charge in [-0.15, -0.1) is 0 Å². The predicted molar refractivity (Wildman–Crippen MR) is 189 cm³/mol. The van der Waals surface area contributed by atoms with Crippen LogP contribution in [0.2, 0.25) is 0 Å². The van der Waals surface area contributed by atoms with Crippen molar-refractivity contribution in [3.8, 4) is 11.5 Å². The molecule has 0 aromatic heterocycles. The maximum Gasteiger partial charge on any atom is 0.253 e. The van der Waals surface area contributed by atoms with Crippen LogP contribution in [0.15, 0.2) is 97.1 Å². The average molecular weight is 753 g/mol. The van der Waals surface area contributed by atoms with Crippen molar-refractivity contribution in [1.29, 1.82) is 0 Å². The van der Waals surface area contributed by atoms with E-state index in [1.54, 1.807) is 31.3 Å². The highest BCUT2D eigenvalue weighted by molar-refractivity contribution is 14.1. The summed E-state index contributed by atoms with van der Waals surface area (Å²) in [6.45, 7) is 3.05. The van der Waals surface area contributed by atoms with Gasteiger partial charge in [-0.1, -0.05) is 36.4 Å². The van der Waals surface area contributed by atoms with Crippen molar-refractivity contribution in [2.24, 2.45) is 0 Å². The fourth-order valence-electron chi connectivity index (χ4n) is 6.43. The van der Waals surface area contributed by atoms with E-state index in [4.69, 9.17) is 9.47 Å². The van der Waals surface area contributed by atoms with Gasteiger partial charge in [0.1, 0.15) is 28.5 Å². The molecule has 2 aliphatic heterocycles. The molecule has 0 bridgehead atoms. The first kappa shape index (κ1) is 34.8. The molecule has 4 aromatic carbocycles. The number of piperidine rings is 2. The van der Waals surface area contributed by atoms with E-state index in [0.717, 1.165) is 51.8 Å². The van der Waals surface area contributed by atoms with Crippen LogP contribution < -0.4 is 9.47 Å². The van der Waals surface area contributed by atoms with E-state index < -0.39 is 11.2 Å². The molecule has 2 aliphatic rings. The first-order valence-electron chi connectivity index (χ1n) is 15.9. The molecule has 6 rings (SSSR count). The smallest absolute Gasteiger partial charge is 0.253 e. The van der Waals surface area contributed by atoms with Gasteiger partial charge in [0, 0.05) is 28.8 Å². The molecule has 2 heterocycles. The molecule has 2 atom stereocenters. The van der Waals surface area contributed by atoms with Crippen LogP contribution in [0, 0.1) is 9.39 Å². The van der Waals surface area contributed by atoms with E-state index in [1.807, 2.05) is 78.9 Å². The molecule has 2 fully saturated rings. The van der Waals surface area contributed by atoms with Gasteiger partial charge in [0.05, 0.1) is 20.8 Å². The van der Waals surface area contributed by atoms with Crippen LogP contribution >= 0.6 is 22.6 Å². The summed E-state index contributed by atoms with van der Waals surface area (Å²) in [5, 5.41) is 22.2. The van der Waals surface area contributed by atoms with Crippen molar-refractivity contribution in [2.75, 3.05) is 40.4 Å². The van der Waals surface area contributed by atoms with Gasteiger partial charge in [0.15, 0.2) is 0 Å². The lowest BCUT2D eigenvalue weighted by molar-refractivity contribution is -0.0382. The second-order valence-corrected chi connectivity index (χ2v) is 13.6. The van der Waals surface area contributed by atoms with Crippen LogP contribution in [0.25, 0.3) is 0 Å². The van der Waals surface area contributed by atoms with Crippen molar-refractivity contribution in [1.82, 2.24) is 9.80 Å². The molecule has 2 unspecified atom stereocenters. The lowest BCUT2D eigenvalue weighted by Crippen LogP contribution is -2.48. The number of carbonyl (C=O) groups excluding carboxylic acids is 1. The summed E-state index contributed by atoms with van der Waals surface area (Å²) < 4.78 is 24.9. The third-order valence-corrected chi connectivity index (χ3v) is 9.63. The number of likely N-dealkylation sites (tertiary alicyclic amines) is 2. The number of benzene rings is 4. The summed E-state index contributed by atoms with van der Waals surface area (Å²) in [7, 11) is 3.23. The Morgan fingerprint density at radius 3 is 1.96 bits per heavy atom. The molecule has 0 saturated carbocycles. The van der Waals surface area contributed by atoms with Crippen LogP contribution in [-0.2, 0) is 17.7 Å². The number of rotatable bonds is 7. The minimum atomic E-state index is -1.04. The molecule has 0 radical (unpaired) electrons. The fraction of sp³-hybridized carbons (Fsp3) is 0.342.